The van der Waals surface area contributed by atoms with E-state index in [0.29, 0.717) is 5.56 Å². The molecule has 1 aromatic carbocycles. The lowest BCUT2D eigenvalue weighted by molar-refractivity contribution is 0.0481. The highest BCUT2D eigenvalue weighted by Gasteiger charge is 2.26. The first-order chi connectivity index (χ1) is 12.0. The Hall–Kier alpha value is -2.19. The van der Waals surface area contributed by atoms with E-state index in [1.807, 2.05) is 0 Å². The molecule has 1 heterocycles. The van der Waals surface area contributed by atoms with Crippen molar-refractivity contribution < 1.29 is 23.9 Å². The Labute approximate surface area is 157 Å². The summed E-state index contributed by atoms with van der Waals surface area (Å²) < 4.78 is 10.8. The van der Waals surface area contributed by atoms with Gasteiger partial charge in [-0.05, 0) is 38.1 Å². The molecule has 0 atom stereocenters. The minimum Gasteiger partial charge on any atom is -0.462 e. The van der Waals surface area contributed by atoms with Gasteiger partial charge in [-0.25, -0.2) is 9.59 Å². The lowest BCUT2D eigenvalue weighted by atomic mass is 10.1. The lowest BCUT2D eigenvalue weighted by Gasteiger charge is -2.08. The van der Waals surface area contributed by atoms with Gasteiger partial charge < -0.3 is 14.8 Å². The summed E-state index contributed by atoms with van der Waals surface area (Å²) >= 11 is 4.37. The number of carbonyl (C=O) groups excluding carboxylic acids is 3. The molecule has 0 unspecified atom stereocenters. The van der Waals surface area contributed by atoms with Gasteiger partial charge in [0.05, 0.1) is 18.8 Å². The Morgan fingerprint density at radius 3 is 2.24 bits per heavy atom. The summed E-state index contributed by atoms with van der Waals surface area (Å²) in [6.45, 7) is 3.66. The molecule has 0 radical (unpaired) electrons. The maximum atomic E-state index is 12.4. The van der Waals surface area contributed by atoms with Crippen LogP contribution in [0.15, 0.2) is 34.1 Å². The van der Waals surface area contributed by atoms with Gasteiger partial charge >= 0.3 is 11.9 Å². The van der Waals surface area contributed by atoms with Crippen LogP contribution in [0.25, 0.3) is 0 Å². The van der Waals surface area contributed by atoms with Crippen molar-refractivity contribution in [2.45, 2.75) is 13.8 Å². The van der Waals surface area contributed by atoms with E-state index in [0.717, 1.165) is 15.8 Å². The summed E-state index contributed by atoms with van der Waals surface area (Å²) in [5.74, 6) is -1.71. The van der Waals surface area contributed by atoms with Crippen LogP contribution < -0.4 is 5.32 Å². The van der Waals surface area contributed by atoms with Gasteiger partial charge in [-0.1, -0.05) is 15.9 Å². The molecule has 0 saturated heterocycles. The molecule has 8 heteroatoms. The number of amides is 1. The average molecular weight is 426 g/mol. The van der Waals surface area contributed by atoms with Gasteiger partial charge in [0.2, 0.25) is 0 Å². The summed E-state index contributed by atoms with van der Waals surface area (Å²) in [5.41, 5.74) is 0.510. The van der Waals surface area contributed by atoms with Crippen LogP contribution in [0.5, 0.6) is 0 Å². The Kier molecular flexibility index (Phi) is 6.72. The molecule has 2 rings (SSSR count). The summed E-state index contributed by atoms with van der Waals surface area (Å²) in [6, 6.07) is 6.76. The van der Waals surface area contributed by atoms with Gasteiger partial charge in [-0.2, -0.15) is 0 Å². The van der Waals surface area contributed by atoms with Gasteiger partial charge in [-0.15, -0.1) is 11.3 Å². The van der Waals surface area contributed by atoms with Gasteiger partial charge in [0.25, 0.3) is 5.91 Å². The first-order valence-corrected chi connectivity index (χ1v) is 9.17. The van der Waals surface area contributed by atoms with Crippen LogP contribution in [0.2, 0.25) is 0 Å². The summed E-state index contributed by atoms with van der Waals surface area (Å²) in [7, 11) is 0. The minimum atomic E-state index is -0.682. The Balaban J connectivity index is 2.33. The third-order valence-electron chi connectivity index (χ3n) is 3.10. The Bertz CT molecular complexity index is 785. The molecule has 0 aliphatic heterocycles. The quantitative estimate of drug-likeness (QED) is 0.703. The highest BCUT2D eigenvalue weighted by molar-refractivity contribution is 9.10. The van der Waals surface area contributed by atoms with Crippen molar-refractivity contribution in [2.24, 2.45) is 0 Å². The molecule has 0 fully saturated rings. The standard InChI is InChI=1S/C17H16BrNO5S/c1-3-23-16(21)12-9-25-15(13(12)17(22)24-4-2)19-14(20)10-5-7-11(18)8-6-10/h5-9H,3-4H2,1-2H3,(H,19,20). The second kappa shape index (κ2) is 8.77. The first kappa shape index (κ1) is 19.1. The zero-order chi connectivity index (χ0) is 18.4. The van der Waals surface area contributed by atoms with E-state index >= 15 is 0 Å². The van der Waals surface area contributed by atoms with Crippen LogP contribution in [0, 0.1) is 0 Å². The Morgan fingerprint density at radius 1 is 1.04 bits per heavy atom. The maximum Gasteiger partial charge on any atom is 0.342 e. The molecular formula is C17H16BrNO5S. The molecule has 25 heavy (non-hydrogen) atoms. The highest BCUT2D eigenvalue weighted by Crippen LogP contribution is 2.30. The SMILES string of the molecule is CCOC(=O)c1csc(NC(=O)c2ccc(Br)cc2)c1C(=O)OCC. The molecular weight excluding hydrogens is 410 g/mol. The number of hydrogen-bond donors (Lipinski definition) is 1. The number of thiophene rings is 1. The van der Waals surface area contributed by atoms with E-state index in [1.54, 1.807) is 38.1 Å². The minimum absolute atomic E-state index is 0.00996. The average Bonchev–Trinajstić information content (AvgIpc) is 2.99. The number of carbonyl (C=O) groups is 3. The van der Waals surface area contributed by atoms with Crippen molar-refractivity contribution >= 4 is 50.1 Å². The number of nitrogens with one attached hydrogen (secondary N) is 1. The molecule has 1 amide bonds. The zero-order valence-electron chi connectivity index (χ0n) is 13.6. The van der Waals surface area contributed by atoms with Gasteiger partial charge in [-0.3, -0.25) is 4.79 Å². The van der Waals surface area contributed by atoms with Crippen LogP contribution in [-0.4, -0.2) is 31.1 Å². The van der Waals surface area contributed by atoms with Crippen LogP contribution in [0.1, 0.15) is 44.9 Å². The Morgan fingerprint density at radius 2 is 1.64 bits per heavy atom. The molecule has 2 aromatic rings. The van der Waals surface area contributed by atoms with Gasteiger partial charge in [0.1, 0.15) is 10.6 Å². The number of hydrogen-bond acceptors (Lipinski definition) is 6. The molecule has 6 nitrogen and oxygen atoms in total. The largest absolute Gasteiger partial charge is 0.462 e. The molecule has 132 valence electrons. The van der Waals surface area contributed by atoms with Crippen LogP contribution in [0.3, 0.4) is 0 Å². The highest BCUT2D eigenvalue weighted by atomic mass is 79.9. The van der Waals surface area contributed by atoms with Crippen molar-refractivity contribution in [3.8, 4) is 0 Å². The zero-order valence-corrected chi connectivity index (χ0v) is 16.0. The molecule has 1 N–H and O–H groups in total. The van der Waals surface area contributed by atoms with Crippen molar-refractivity contribution in [3.63, 3.8) is 0 Å². The van der Waals surface area contributed by atoms with E-state index in [9.17, 15) is 14.4 Å². The smallest absolute Gasteiger partial charge is 0.342 e. The van der Waals surface area contributed by atoms with Crippen molar-refractivity contribution in [2.75, 3.05) is 18.5 Å². The fraction of sp³-hybridized carbons (Fsp3) is 0.235. The summed E-state index contributed by atoms with van der Waals surface area (Å²) in [4.78, 5) is 36.7. The number of ether oxygens (including phenoxy) is 2. The molecule has 0 aliphatic carbocycles. The fourth-order valence-electron chi connectivity index (χ4n) is 1.99. The lowest BCUT2D eigenvalue weighted by Crippen LogP contribution is -2.17. The number of halogens is 1. The summed E-state index contributed by atoms with van der Waals surface area (Å²) in [6.07, 6.45) is 0. The number of benzene rings is 1. The van der Waals surface area contributed by atoms with Crippen LogP contribution >= 0.6 is 27.3 Å². The normalized spacial score (nSPS) is 10.2. The van der Waals surface area contributed by atoms with E-state index in [4.69, 9.17) is 9.47 Å². The number of esters is 2. The molecule has 0 spiro atoms. The van der Waals surface area contributed by atoms with Gasteiger partial charge in [0, 0.05) is 15.4 Å². The predicted molar refractivity (Wildman–Crippen MR) is 98.3 cm³/mol. The topological polar surface area (TPSA) is 81.7 Å². The third kappa shape index (κ3) is 4.67. The van der Waals surface area contributed by atoms with E-state index < -0.39 is 17.8 Å². The molecule has 1 aromatic heterocycles. The first-order valence-electron chi connectivity index (χ1n) is 7.50. The van der Waals surface area contributed by atoms with Crippen molar-refractivity contribution in [1.29, 1.82) is 0 Å². The van der Waals surface area contributed by atoms with E-state index in [1.165, 1.54) is 5.38 Å². The second-order valence-corrected chi connectivity index (χ2v) is 6.55. The number of anilines is 1. The molecule has 0 saturated carbocycles. The molecule has 0 bridgehead atoms. The number of rotatable bonds is 6. The van der Waals surface area contributed by atoms with Crippen LogP contribution in [0.4, 0.5) is 5.00 Å². The third-order valence-corrected chi connectivity index (χ3v) is 4.52. The van der Waals surface area contributed by atoms with Gasteiger partial charge in [0.15, 0.2) is 0 Å². The van der Waals surface area contributed by atoms with E-state index in [2.05, 4.69) is 21.2 Å². The summed E-state index contributed by atoms with van der Waals surface area (Å²) in [5, 5.41) is 4.38. The van der Waals surface area contributed by atoms with Crippen molar-refractivity contribution in [3.05, 3.63) is 50.8 Å². The molecule has 0 aliphatic rings. The van der Waals surface area contributed by atoms with Crippen LogP contribution in [-0.2, 0) is 9.47 Å². The van der Waals surface area contributed by atoms with E-state index in [-0.39, 0.29) is 29.3 Å². The monoisotopic (exact) mass is 425 g/mol. The van der Waals surface area contributed by atoms with Crippen molar-refractivity contribution in [1.82, 2.24) is 0 Å². The fourth-order valence-corrected chi connectivity index (χ4v) is 3.17. The second-order valence-electron chi connectivity index (χ2n) is 4.76. The predicted octanol–water partition coefficient (Wildman–Crippen LogP) is 4.12. The maximum absolute atomic E-state index is 12.4.